The van der Waals surface area contributed by atoms with Gasteiger partial charge in [-0.1, -0.05) is 0 Å². The zero-order valence-corrected chi connectivity index (χ0v) is 7.62. The van der Waals surface area contributed by atoms with Crippen molar-refractivity contribution in [3.63, 3.8) is 0 Å². The zero-order valence-electron chi connectivity index (χ0n) is 7.62. The highest BCUT2D eigenvalue weighted by molar-refractivity contribution is 5.76. The number of hydrogen-bond donors (Lipinski definition) is 2. The number of urea groups is 1. The Bertz CT molecular complexity index is 233. The van der Waals surface area contributed by atoms with E-state index in [1.54, 1.807) is 0 Å². The second-order valence-electron chi connectivity index (χ2n) is 4.33. The van der Waals surface area contributed by atoms with Crippen molar-refractivity contribution in [3.8, 4) is 0 Å². The molecule has 2 amide bonds. The third-order valence-electron chi connectivity index (χ3n) is 3.65. The van der Waals surface area contributed by atoms with Gasteiger partial charge in [0.1, 0.15) is 0 Å². The molecule has 0 spiro atoms. The van der Waals surface area contributed by atoms with Crippen LogP contribution in [0.1, 0.15) is 0 Å². The molecule has 1 aliphatic carbocycles. The van der Waals surface area contributed by atoms with Crippen LogP contribution in [-0.2, 0) is 0 Å². The van der Waals surface area contributed by atoms with E-state index in [2.05, 4.69) is 10.6 Å². The fraction of sp³-hybridized carbons (Fsp3) is 0.889. The molecule has 2 heterocycles. The minimum atomic E-state index is 0.137. The average Bonchev–Trinajstić information content (AvgIpc) is 2.57. The third-order valence-corrected chi connectivity index (χ3v) is 3.65. The van der Waals surface area contributed by atoms with Gasteiger partial charge < -0.3 is 15.5 Å². The molecule has 0 aromatic heterocycles. The second-order valence-corrected chi connectivity index (χ2v) is 4.33. The third kappa shape index (κ3) is 1.12. The van der Waals surface area contributed by atoms with Crippen molar-refractivity contribution in [1.82, 2.24) is 15.5 Å². The molecule has 72 valence electrons. The van der Waals surface area contributed by atoms with E-state index < -0.39 is 0 Å². The Hall–Kier alpha value is -0.770. The summed E-state index contributed by atoms with van der Waals surface area (Å²) in [5.41, 5.74) is 0. The monoisotopic (exact) mass is 181 g/mol. The predicted octanol–water partition coefficient (Wildman–Crippen LogP) is -0.523. The molecule has 0 aromatic carbocycles. The summed E-state index contributed by atoms with van der Waals surface area (Å²) in [5, 5.41) is 6.21. The molecule has 1 saturated carbocycles. The molecule has 2 atom stereocenters. The SMILES string of the molecule is O=C1NCCN1CC1C2CNCC21. The topological polar surface area (TPSA) is 44.4 Å². The predicted molar refractivity (Wildman–Crippen MR) is 48.3 cm³/mol. The molecule has 0 bridgehead atoms. The Morgan fingerprint density at radius 2 is 2.15 bits per heavy atom. The molecule has 2 N–H and O–H groups in total. The van der Waals surface area contributed by atoms with Crippen LogP contribution in [0.2, 0.25) is 0 Å². The van der Waals surface area contributed by atoms with Crippen molar-refractivity contribution in [2.45, 2.75) is 0 Å². The number of rotatable bonds is 2. The largest absolute Gasteiger partial charge is 0.336 e. The number of nitrogens with one attached hydrogen (secondary N) is 2. The lowest BCUT2D eigenvalue weighted by molar-refractivity contribution is 0.213. The number of hydrogen-bond acceptors (Lipinski definition) is 2. The molecule has 2 unspecified atom stereocenters. The number of amides is 2. The van der Waals surface area contributed by atoms with Gasteiger partial charge in [-0.15, -0.1) is 0 Å². The Morgan fingerprint density at radius 3 is 2.77 bits per heavy atom. The van der Waals surface area contributed by atoms with E-state index in [0.717, 1.165) is 37.4 Å². The standard InChI is InChI=1S/C9H15N3O/c13-9-11-1-2-12(9)5-8-6-3-10-4-7(6)8/h6-8,10H,1-5H2,(H,11,13). The Balaban J connectivity index is 1.56. The van der Waals surface area contributed by atoms with Gasteiger partial charge in [0, 0.05) is 19.6 Å². The minimum absolute atomic E-state index is 0.137. The maximum absolute atomic E-state index is 11.3. The highest BCUT2D eigenvalue weighted by Gasteiger charge is 2.53. The van der Waals surface area contributed by atoms with E-state index in [4.69, 9.17) is 0 Å². The van der Waals surface area contributed by atoms with Gasteiger partial charge >= 0.3 is 6.03 Å². The quantitative estimate of drug-likeness (QED) is 0.602. The molecule has 3 fully saturated rings. The van der Waals surface area contributed by atoms with E-state index in [1.807, 2.05) is 4.90 Å². The normalized spacial score (nSPS) is 42.0. The lowest BCUT2D eigenvalue weighted by Crippen LogP contribution is -2.32. The van der Waals surface area contributed by atoms with E-state index in [0.29, 0.717) is 0 Å². The summed E-state index contributed by atoms with van der Waals surface area (Å²) in [6, 6.07) is 0.137. The summed E-state index contributed by atoms with van der Waals surface area (Å²) in [6.45, 7) is 5.07. The zero-order chi connectivity index (χ0) is 8.84. The van der Waals surface area contributed by atoms with Crippen LogP contribution >= 0.6 is 0 Å². The van der Waals surface area contributed by atoms with Crippen molar-refractivity contribution < 1.29 is 4.79 Å². The maximum Gasteiger partial charge on any atom is 0.317 e. The molecule has 13 heavy (non-hydrogen) atoms. The first-order valence-corrected chi connectivity index (χ1v) is 5.10. The fourth-order valence-electron chi connectivity index (χ4n) is 2.76. The van der Waals surface area contributed by atoms with Gasteiger partial charge in [-0.2, -0.15) is 0 Å². The lowest BCUT2D eigenvalue weighted by Gasteiger charge is -2.14. The summed E-state index contributed by atoms with van der Waals surface area (Å²) < 4.78 is 0. The molecule has 2 aliphatic heterocycles. The summed E-state index contributed by atoms with van der Waals surface area (Å²) in [5.74, 6) is 2.53. The number of fused-ring (bicyclic) bond motifs is 1. The summed E-state index contributed by atoms with van der Waals surface area (Å²) in [6.07, 6.45) is 0. The number of carbonyl (C=O) groups is 1. The van der Waals surface area contributed by atoms with Gasteiger partial charge in [-0.3, -0.25) is 0 Å². The highest BCUT2D eigenvalue weighted by Crippen LogP contribution is 2.48. The van der Waals surface area contributed by atoms with Crippen LogP contribution in [0.25, 0.3) is 0 Å². The molecule has 4 heteroatoms. The van der Waals surface area contributed by atoms with Gasteiger partial charge in [-0.25, -0.2) is 4.79 Å². The van der Waals surface area contributed by atoms with Crippen molar-refractivity contribution in [1.29, 1.82) is 0 Å². The molecule has 0 aromatic rings. The van der Waals surface area contributed by atoms with Crippen molar-refractivity contribution in [2.24, 2.45) is 17.8 Å². The van der Waals surface area contributed by atoms with Crippen molar-refractivity contribution in [3.05, 3.63) is 0 Å². The number of piperidine rings is 1. The molecule has 3 rings (SSSR count). The van der Waals surface area contributed by atoms with Crippen LogP contribution in [0, 0.1) is 17.8 Å². The van der Waals surface area contributed by atoms with E-state index >= 15 is 0 Å². The van der Waals surface area contributed by atoms with Crippen LogP contribution in [0.5, 0.6) is 0 Å². The first-order valence-electron chi connectivity index (χ1n) is 5.10. The van der Waals surface area contributed by atoms with E-state index in [-0.39, 0.29) is 6.03 Å². The first kappa shape index (κ1) is 7.62. The van der Waals surface area contributed by atoms with E-state index in [1.165, 1.54) is 13.1 Å². The van der Waals surface area contributed by atoms with Crippen LogP contribution in [0.3, 0.4) is 0 Å². The second kappa shape index (κ2) is 2.61. The summed E-state index contributed by atoms with van der Waals surface area (Å²) >= 11 is 0. The van der Waals surface area contributed by atoms with Crippen molar-refractivity contribution >= 4 is 6.03 Å². The molecule has 2 saturated heterocycles. The Kier molecular flexibility index (Phi) is 1.53. The first-order chi connectivity index (χ1) is 6.36. The van der Waals surface area contributed by atoms with E-state index in [9.17, 15) is 4.79 Å². The molecular weight excluding hydrogens is 166 g/mol. The molecule has 0 radical (unpaired) electrons. The van der Waals surface area contributed by atoms with Crippen LogP contribution < -0.4 is 10.6 Å². The molecule has 4 nitrogen and oxygen atoms in total. The van der Waals surface area contributed by atoms with Crippen LogP contribution in [0.15, 0.2) is 0 Å². The molecule has 3 aliphatic rings. The van der Waals surface area contributed by atoms with Crippen molar-refractivity contribution in [2.75, 3.05) is 32.7 Å². The smallest absolute Gasteiger partial charge is 0.317 e. The Labute approximate surface area is 77.7 Å². The summed E-state index contributed by atoms with van der Waals surface area (Å²) in [4.78, 5) is 13.2. The Morgan fingerprint density at radius 1 is 1.38 bits per heavy atom. The van der Waals surface area contributed by atoms with Gasteiger partial charge in [0.05, 0.1) is 0 Å². The lowest BCUT2D eigenvalue weighted by atomic mass is 10.2. The van der Waals surface area contributed by atoms with Gasteiger partial charge in [0.25, 0.3) is 0 Å². The van der Waals surface area contributed by atoms with Crippen LogP contribution in [-0.4, -0.2) is 43.7 Å². The van der Waals surface area contributed by atoms with Gasteiger partial charge in [0.15, 0.2) is 0 Å². The highest BCUT2D eigenvalue weighted by atomic mass is 16.2. The maximum atomic E-state index is 11.3. The van der Waals surface area contributed by atoms with Gasteiger partial charge in [0.2, 0.25) is 0 Å². The minimum Gasteiger partial charge on any atom is -0.336 e. The summed E-state index contributed by atoms with van der Waals surface area (Å²) in [7, 11) is 0. The number of nitrogens with zero attached hydrogens (tertiary/aromatic N) is 1. The van der Waals surface area contributed by atoms with Crippen LogP contribution in [0.4, 0.5) is 4.79 Å². The van der Waals surface area contributed by atoms with Gasteiger partial charge in [-0.05, 0) is 30.8 Å². The average molecular weight is 181 g/mol. The molecular formula is C9H15N3O. The number of carbonyl (C=O) groups excluding carboxylic acids is 1. The fourth-order valence-corrected chi connectivity index (χ4v) is 2.76.